The number of carboxylic acid groups (broad SMARTS) is 1. The lowest BCUT2D eigenvalue weighted by Gasteiger charge is -2.44. The van der Waals surface area contributed by atoms with E-state index in [0.29, 0.717) is 0 Å². The third-order valence-electron chi connectivity index (χ3n) is 4.22. The summed E-state index contributed by atoms with van der Waals surface area (Å²) >= 11 is 0. The van der Waals surface area contributed by atoms with Gasteiger partial charge >= 0.3 is 5.97 Å². The molecule has 0 aliphatic carbocycles. The molecule has 0 aliphatic heterocycles. The highest BCUT2D eigenvalue weighted by Gasteiger charge is 2.40. The van der Waals surface area contributed by atoms with Gasteiger partial charge in [-0.1, -0.05) is 54.6 Å². The molecule has 122 valence electrons. The van der Waals surface area contributed by atoms with Crippen LogP contribution in [0.4, 0.5) is 0 Å². The molecule has 0 aliphatic rings. The lowest BCUT2D eigenvalue weighted by molar-refractivity contribution is -0.136. The molecule has 0 aromatic heterocycles. The van der Waals surface area contributed by atoms with Crippen LogP contribution in [0.2, 0.25) is 0 Å². The lowest BCUT2D eigenvalue weighted by Crippen LogP contribution is -2.25. The minimum absolute atomic E-state index is 0.537. The third-order valence-corrected chi connectivity index (χ3v) is 8.53. The second kappa shape index (κ2) is 6.93. The highest BCUT2D eigenvalue weighted by molar-refractivity contribution is 8.34. The normalized spacial score (nSPS) is 13.2. The van der Waals surface area contributed by atoms with Crippen molar-refractivity contribution in [3.8, 4) is 0 Å². The Morgan fingerprint density at radius 2 is 1.00 bits per heavy atom. The Morgan fingerprint density at radius 3 is 1.25 bits per heavy atom. The first-order valence-electron chi connectivity index (χ1n) is 7.87. The quantitative estimate of drug-likeness (QED) is 0.673. The predicted octanol–water partition coefficient (Wildman–Crippen LogP) is 5.44. The molecule has 0 spiro atoms. The van der Waals surface area contributed by atoms with E-state index in [1.807, 2.05) is 61.5 Å². The average molecular weight is 336 g/mol. The van der Waals surface area contributed by atoms with Gasteiger partial charge in [0.1, 0.15) is 0 Å². The summed E-state index contributed by atoms with van der Waals surface area (Å²) < 4.78 is 0. The molecule has 3 rings (SSSR count). The molecule has 3 aromatic rings. The van der Waals surface area contributed by atoms with Gasteiger partial charge in [-0.15, -0.1) is 10.0 Å². The first-order chi connectivity index (χ1) is 11.7. The first kappa shape index (κ1) is 16.3. The van der Waals surface area contributed by atoms with Crippen LogP contribution in [0.1, 0.15) is 6.92 Å². The first-order valence-corrected chi connectivity index (χ1v) is 9.57. The molecule has 24 heavy (non-hydrogen) atoms. The molecule has 0 radical (unpaired) electrons. The lowest BCUT2D eigenvalue weighted by atomic mass is 10.3. The Hall–Kier alpha value is -2.52. The maximum Gasteiger partial charge on any atom is 0.315 e. The molecule has 0 saturated carbocycles. The van der Waals surface area contributed by atoms with Gasteiger partial charge in [0.2, 0.25) is 0 Å². The van der Waals surface area contributed by atoms with E-state index in [2.05, 4.69) is 36.4 Å². The SMILES string of the molecule is CC(C(=O)O)S(c1ccccc1)(c1ccccc1)c1ccccc1. The number of rotatable bonds is 5. The Labute approximate surface area is 144 Å². The molecule has 0 amide bonds. The molecular formula is C21H20O2S. The smallest absolute Gasteiger partial charge is 0.315 e. The van der Waals surface area contributed by atoms with Crippen molar-refractivity contribution in [1.29, 1.82) is 0 Å². The molecular weight excluding hydrogens is 316 g/mol. The zero-order valence-corrected chi connectivity index (χ0v) is 14.3. The second-order valence-electron chi connectivity index (χ2n) is 5.58. The molecule has 0 heterocycles. The second-order valence-corrected chi connectivity index (χ2v) is 9.02. The molecule has 0 bridgehead atoms. The number of aliphatic carboxylic acids is 1. The summed E-state index contributed by atoms with van der Waals surface area (Å²) in [7, 11) is -1.91. The Morgan fingerprint density at radius 1 is 0.708 bits per heavy atom. The van der Waals surface area contributed by atoms with Crippen LogP contribution < -0.4 is 0 Å². The Bertz CT molecular complexity index is 704. The summed E-state index contributed by atoms with van der Waals surface area (Å²) in [5, 5.41) is 9.39. The van der Waals surface area contributed by atoms with E-state index in [0.717, 1.165) is 14.7 Å². The predicted molar refractivity (Wildman–Crippen MR) is 98.8 cm³/mol. The average Bonchev–Trinajstić information content (AvgIpc) is 2.65. The van der Waals surface area contributed by atoms with Crippen LogP contribution in [-0.4, -0.2) is 16.3 Å². The molecule has 0 fully saturated rings. The summed E-state index contributed by atoms with van der Waals surface area (Å²) in [6.45, 7) is 1.82. The molecule has 0 saturated heterocycles. The zero-order chi connectivity index (χ0) is 17.0. The van der Waals surface area contributed by atoms with Crippen LogP contribution in [0.15, 0.2) is 106 Å². The topological polar surface area (TPSA) is 37.3 Å². The fraction of sp³-hybridized carbons (Fsp3) is 0.0952. The summed E-state index contributed by atoms with van der Waals surface area (Å²) in [6, 6.07) is 30.1. The molecule has 3 aromatic carbocycles. The van der Waals surface area contributed by atoms with Gasteiger partial charge in [-0.05, 0) is 58.0 Å². The highest BCUT2D eigenvalue weighted by Crippen LogP contribution is 2.71. The van der Waals surface area contributed by atoms with Gasteiger partial charge in [0.15, 0.2) is 0 Å². The van der Waals surface area contributed by atoms with Crippen molar-refractivity contribution in [2.45, 2.75) is 26.9 Å². The van der Waals surface area contributed by atoms with E-state index < -0.39 is 21.2 Å². The van der Waals surface area contributed by atoms with E-state index >= 15 is 0 Å². The molecule has 3 heteroatoms. The number of hydrogen-bond acceptors (Lipinski definition) is 1. The van der Waals surface area contributed by atoms with Gasteiger partial charge in [-0.25, -0.2) is 0 Å². The minimum atomic E-state index is -1.91. The van der Waals surface area contributed by atoms with Gasteiger partial charge in [0.25, 0.3) is 0 Å². The van der Waals surface area contributed by atoms with E-state index in [1.165, 1.54) is 0 Å². The van der Waals surface area contributed by atoms with E-state index in [1.54, 1.807) is 0 Å². The van der Waals surface area contributed by atoms with Crippen LogP contribution >= 0.6 is 10.0 Å². The van der Waals surface area contributed by atoms with Crippen LogP contribution in [0, 0.1) is 0 Å². The monoisotopic (exact) mass is 336 g/mol. The van der Waals surface area contributed by atoms with E-state index in [4.69, 9.17) is 0 Å². The van der Waals surface area contributed by atoms with Crippen molar-refractivity contribution in [1.82, 2.24) is 0 Å². The Balaban J connectivity index is 2.39. The van der Waals surface area contributed by atoms with E-state index in [-0.39, 0.29) is 0 Å². The van der Waals surface area contributed by atoms with Gasteiger partial charge in [-0.2, -0.15) is 0 Å². The van der Waals surface area contributed by atoms with E-state index in [9.17, 15) is 9.90 Å². The standard InChI is InChI=1S/C21H20O2S/c1-17(21(22)23)24(18-11-5-2-6-12-18,19-13-7-3-8-14-19)20-15-9-4-10-16-20/h2-17H,1H3,(H,22,23). The van der Waals surface area contributed by atoms with Crippen molar-refractivity contribution >= 4 is 16.0 Å². The maximum atomic E-state index is 12.1. The number of benzene rings is 3. The van der Waals surface area contributed by atoms with Crippen molar-refractivity contribution in [3.63, 3.8) is 0 Å². The van der Waals surface area contributed by atoms with Crippen molar-refractivity contribution in [3.05, 3.63) is 91.0 Å². The number of carbonyl (C=O) groups is 1. The number of carboxylic acids is 1. The van der Waals surface area contributed by atoms with Crippen LogP contribution in [-0.2, 0) is 4.79 Å². The molecule has 1 N–H and O–H groups in total. The summed E-state index contributed by atoms with van der Waals surface area (Å²) in [5.74, 6) is -0.776. The minimum Gasteiger partial charge on any atom is -0.480 e. The molecule has 2 nitrogen and oxygen atoms in total. The zero-order valence-electron chi connectivity index (χ0n) is 13.5. The van der Waals surface area contributed by atoms with Gasteiger partial charge in [0, 0.05) is 0 Å². The fourth-order valence-electron chi connectivity index (χ4n) is 3.08. The largest absolute Gasteiger partial charge is 0.480 e. The molecule has 1 unspecified atom stereocenters. The maximum absolute atomic E-state index is 12.1. The third kappa shape index (κ3) is 2.72. The van der Waals surface area contributed by atoms with Crippen molar-refractivity contribution < 1.29 is 9.90 Å². The fourth-order valence-corrected chi connectivity index (χ4v) is 7.18. The Kier molecular flexibility index (Phi) is 4.72. The van der Waals surface area contributed by atoms with Gasteiger partial charge < -0.3 is 5.11 Å². The summed E-state index contributed by atoms with van der Waals surface area (Å²) in [4.78, 5) is 15.3. The molecule has 1 atom stereocenters. The van der Waals surface area contributed by atoms with Crippen molar-refractivity contribution in [2.75, 3.05) is 0 Å². The van der Waals surface area contributed by atoms with Crippen LogP contribution in [0.25, 0.3) is 0 Å². The highest BCUT2D eigenvalue weighted by atomic mass is 32.3. The summed E-state index contributed by atoms with van der Waals surface area (Å²) in [5.41, 5.74) is 0. The van der Waals surface area contributed by atoms with Crippen LogP contribution in [0.3, 0.4) is 0 Å². The summed E-state index contributed by atoms with van der Waals surface area (Å²) in [6.07, 6.45) is 0. The number of hydrogen-bond donors (Lipinski definition) is 1. The van der Waals surface area contributed by atoms with Crippen LogP contribution in [0.5, 0.6) is 0 Å². The van der Waals surface area contributed by atoms with Gasteiger partial charge in [0.05, 0.1) is 5.25 Å². The van der Waals surface area contributed by atoms with Gasteiger partial charge in [-0.3, -0.25) is 4.79 Å². The van der Waals surface area contributed by atoms with Crippen molar-refractivity contribution in [2.24, 2.45) is 0 Å².